The van der Waals surface area contributed by atoms with Gasteiger partial charge in [-0.3, -0.25) is 4.79 Å². The summed E-state index contributed by atoms with van der Waals surface area (Å²) < 4.78 is 18.8. The number of amides is 1. The van der Waals surface area contributed by atoms with Gasteiger partial charge in [0.2, 0.25) is 0 Å². The van der Waals surface area contributed by atoms with Crippen LogP contribution in [-0.4, -0.2) is 12.0 Å². The van der Waals surface area contributed by atoms with Gasteiger partial charge in [0.1, 0.15) is 11.6 Å². The summed E-state index contributed by atoms with van der Waals surface area (Å²) in [5, 5.41) is 2.83. The number of aryl methyl sites for hydroxylation is 1. The maximum absolute atomic E-state index is 13.2. The van der Waals surface area contributed by atoms with Gasteiger partial charge in [0, 0.05) is 12.1 Å². The van der Waals surface area contributed by atoms with E-state index in [9.17, 15) is 9.18 Å². The zero-order valence-electron chi connectivity index (χ0n) is 13.0. The number of halogens is 1. The van der Waals surface area contributed by atoms with Crippen molar-refractivity contribution in [1.29, 1.82) is 0 Å². The molecule has 0 spiro atoms. The Morgan fingerprint density at radius 3 is 2.68 bits per heavy atom. The first-order valence-electron chi connectivity index (χ1n) is 7.25. The van der Waals surface area contributed by atoms with Crippen molar-refractivity contribution in [2.45, 2.75) is 33.4 Å². The van der Waals surface area contributed by atoms with E-state index in [0.717, 1.165) is 11.3 Å². The van der Waals surface area contributed by atoms with E-state index in [2.05, 4.69) is 5.32 Å². The van der Waals surface area contributed by atoms with Crippen LogP contribution in [0.5, 0.6) is 5.75 Å². The monoisotopic (exact) mass is 301 g/mol. The third kappa shape index (κ3) is 4.32. The van der Waals surface area contributed by atoms with Gasteiger partial charge in [0.15, 0.2) is 0 Å². The number of carbonyl (C=O) groups is 1. The van der Waals surface area contributed by atoms with E-state index in [1.54, 1.807) is 13.0 Å². The number of nitrogens with one attached hydrogen (secondary N) is 1. The molecular weight excluding hydrogens is 281 g/mol. The molecule has 0 saturated heterocycles. The molecule has 0 aliphatic heterocycles. The van der Waals surface area contributed by atoms with E-state index in [1.165, 1.54) is 12.1 Å². The first-order chi connectivity index (χ1) is 10.5. The molecule has 4 heteroatoms. The van der Waals surface area contributed by atoms with Crippen LogP contribution in [-0.2, 0) is 6.54 Å². The molecule has 1 amide bonds. The minimum atomic E-state index is -0.310. The van der Waals surface area contributed by atoms with Crippen LogP contribution < -0.4 is 10.1 Å². The highest BCUT2D eigenvalue weighted by atomic mass is 19.1. The zero-order chi connectivity index (χ0) is 16.1. The maximum Gasteiger partial charge on any atom is 0.251 e. The summed E-state index contributed by atoms with van der Waals surface area (Å²) in [5.41, 5.74) is 1.86. The summed E-state index contributed by atoms with van der Waals surface area (Å²) in [6.45, 7) is 5.96. The molecule has 0 fully saturated rings. The largest absolute Gasteiger partial charge is 0.491 e. The Labute approximate surface area is 130 Å². The minimum absolute atomic E-state index is 0.104. The van der Waals surface area contributed by atoms with Gasteiger partial charge < -0.3 is 10.1 Å². The smallest absolute Gasteiger partial charge is 0.251 e. The molecule has 0 unspecified atom stereocenters. The Hall–Kier alpha value is -2.36. The van der Waals surface area contributed by atoms with Gasteiger partial charge in [-0.05, 0) is 62.2 Å². The lowest BCUT2D eigenvalue weighted by Gasteiger charge is -2.11. The molecular formula is C18H20FNO2. The Kier molecular flexibility index (Phi) is 5.15. The normalized spacial score (nSPS) is 10.6. The van der Waals surface area contributed by atoms with E-state index in [0.29, 0.717) is 17.7 Å². The molecule has 1 N–H and O–H groups in total. The van der Waals surface area contributed by atoms with Crippen molar-refractivity contribution in [3.8, 4) is 5.75 Å². The average Bonchev–Trinajstić information content (AvgIpc) is 2.47. The molecule has 0 aliphatic carbocycles. The van der Waals surface area contributed by atoms with Crippen LogP contribution in [0.4, 0.5) is 4.39 Å². The highest BCUT2D eigenvalue weighted by Crippen LogP contribution is 2.15. The van der Waals surface area contributed by atoms with E-state index in [4.69, 9.17) is 4.74 Å². The van der Waals surface area contributed by atoms with E-state index >= 15 is 0 Å². The zero-order valence-corrected chi connectivity index (χ0v) is 13.0. The first kappa shape index (κ1) is 16.0. The van der Waals surface area contributed by atoms with E-state index in [-0.39, 0.29) is 17.8 Å². The molecule has 0 heterocycles. The van der Waals surface area contributed by atoms with Crippen molar-refractivity contribution in [1.82, 2.24) is 5.32 Å². The molecule has 0 atom stereocenters. The lowest BCUT2D eigenvalue weighted by atomic mass is 10.1. The summed E-state index contributed by atoms with van der Waals surface area (Å²) in [5.74, 6) is 0.243. The Balaban J connectivity index is 2.00. The maximum atomic E-state index is 13.2. The van der Waals surface area contributed by atoms with Crippen LogP contribution in [0.3, 0.4) is 0 Å². The molecule has 2 aromatic carbocycles. The van der Waals surface area contributed by atoms with Crippen molar-refractivity contribution >= 4 is 5.91 Å². The van der Waals surface area contributed by atoms with Crippen LogP contribution in [0.2, 0.25) is 0 Å². The summed E-state index contributed by atoms with van der Waals surface area (Å²) in [6.07, 6.45) is 0.104. The van der Waals surface area contributed by atoms with Crippen molar-refractivity contribution in [2.75, 3.05) is 0 Å². The van der Waals surface area contributed by atoms with Crippen molar-refractivity contribution in [2.24, 2.45) is 0 Å². The summed E-state index contributed by atoms with van der Waals surface area (Å²) in [6, 6.07) is 11.9. The van der Waals surface area contributed by atoms with Crippen molar-refractivity contribution in [3.63, 3.8) is 0 Å². The quantitative estimate of drug-likeness (QED) is 0.911. The number of carbonyl (C=O) groups excluding carboxylic acids is 1. The van der Waals surface area contributed by atoms with Gasteiger partial charge >= 0.3 is 0 Å². The Bertz CT molecular complexity index is 668. The van der Waals surface area contributed by atoms with Gasteiger partial charge in [-0.25, -0.2) is 4.39 Å². The third-order valence-corrected chi connectivity index (χ3v) is 3.14. The predicted octanol–water partition coefficient (Wildman–Crippen LogP) is 3.85. The standard InChI is InChI=1S/C18H20FNO2/c1-12(2)22-16-6-4-5-14(10-16)11-20-18(21)15-7-8-17(19)13(3)9-15/h4-10,12H,11H2,1-3H3,(H,20,21). The topological polar surface area (TPSA) is 38.3 Å². The fourth-order valence-electron chi connectivity index (χ4n) is 2.07. The van der Waals surface area contributed by atoms with Crippen LogP contribution >= 0.6 is 0 Å². The molecule has 2 aromatic rings. The SMILES string of the molecule is Cc1cc(C(=O)NCc2cccc(OC(C)C)c2)ccc1F. The molecule has 3 nitrogen and oxygen atoms in total. The lowest BCUT2D eigenvalue weighted by molar-refractivity contribution is 0.0950. The number of rotatable bonds is 5. The molecule has 2 rings (SSSR count). The van der Waals surface area contributed by atoms with Crippen LogP contribution in [0.1, 0.15) is 35.3 Å². The molecule has 0 saturated carbocycles. The van der Waals surface area contributed by atoms with Crippen LogP contribution in [0.15, 0.2) is 42.5 Å². The first-order valence-corrected chi connectivity index (χ1v) is 7.25. The summed E-state index contributed by atoms with van der Waals surface area (Å²) >= 11 is 0. The van der Waals surface area contributed by atoms with E-state index < -0.39 is 0 Å². The fraction of sp³-hybridized carbons (Fsp3) is 0.278. The van der Waals surface area contributed by atoms with Gasteiger partial charge in [-0.15, -0.1) is 0 Å². The number of hydrogen-bond acceptors (Lipinski definition) is 2. The molecule has 0 bridgehead atoms. The molecule has 0 aromatic heterocycles. The second-order valence-corrected chi connectivity index (χ2v) is 5.46. The van der Waals surface area contributed by atoms with Gasteiger partial charge in [-0.1, -0.05) is 12.1 Å². The van der Waals surface area contributed by atoms with Crippen LogP contribution in [0, 0.1) is 12.7 Å². The minimum Gasteiger partial charge on any atom is -0.491 e. The number of ether oxygens (including phenoxy) is 1. The molecule has 0 radical (unpaired) electrons. The molecule has 116 valence electrons. The fourth-order valence-corrected chi connectivity index (χ4v) is 2.07. The lowest BCUT2D eigenvalue weighted by Crippen LogP contribution is -2.23. The second kappa shape index (κ2) is 7.07. The average molecular weight is 301 g/mol. The summed E-state index contributed by atoms with van der Waals surface area (Å²) in [7, 11) is 0. The summed E-state index contributed by atoms with van der Waals surface area (Å²) in [4.78, 5) is 12.1. The predicted molar refractivity (Wildman–Crippen MR) is 84.5 cm³/mol. The second-order valence-electron chi connectivity index (χ2n) is 5.46. The highest BCUT2D eigenvalue weighted by molar-refractivity contribution is 5.94. The van der Waals surface area contributed by atoms with Crippen molar-refractivity contribution in [3.05, 3.63) is 65.0 Å². The highest BCUT2D eigenvalue weighted by Gasteiger charge is 2.08. The van der Waals surface area contributed by atoms with Crippen LogP contribution in [0.25, 0.3) is 0 Å². The molecule has 22 heavy (non-hydrogen) atoms. The van der Waals surface area contributed by atoms with Gasteiger partial charge in [0.05, 0.1) is 6.10 Å². The third-order valence-electron chi connectivity index (χ3n) is 3.14. The van der Waals surface area contributed by atoms with Gasteiger partial charge in [-0.2, -0.15) is 0 Å². The Morgan fingerprint density at radius 2 is 2.00 bits per heavy atom. The number of hydrogen-bond donors (Lipinski definition) is 1. The van der Waals surface area contributed by atoms with E-state index in [1.807, 2.05) is 38.1 Å². The Morgan fingerprint density at radius 1 is 1.23 bits per heavy atom. The van der Waals surface area contributed by atoms with Gasteiger partial charge in [0.25, 0.3) is 5.91 Å². The number of benzene rings is 2. The molecule has 0 aliphatic rings. The van der Waals surface area contributed by atoms with Crippen molar-refractivity contribution < 1.29 is 13.9 Å².